The van der Waals surface area contributed by atoms with Gasteiger partial charge in [-0.15, -0.1) is 19.8 Å². The zero-order valence-corrected chi connectivity index (χ0v) is 34.3. The summed E-state index contributed by atoms with van der Waals surface area (Å²) >= 11 is 0. The maximum absolute atomic E-state index is 15.0. The Morgan fingerprint density at radius 3 is 2.42 bits per heavy atom. The van der Waals surface area contributed by atoms with Gasteiger partial charge in [-0.05, 0) is 83.5 Å². The number of rotatable bonds is 12. The molecule has 5 aliphatic rings. The Bertz CT molecular complexity index is 2060. The lowest BCUT2D eigenvalue weighted by molar-refractivity contribution is -0.275. The molecule has 0 spiro atoms. The fourth-order valence-corrected chi connectivity index (χ4v) is 9.53. The molecule has 1 saturated carbocycles. The van der Waals surface area contributed by atoms with E-state index in [1.807, 2.05) is 18.7 Å². The minimum Gasteiger partial charge on any atom is -0.507 e. The molecule has 17 heteroatoms. The highest BCUT2D eigenvalue weighted by Gasteiger charge is 2.65. The van der Waals surface area contributed by atoms with Crippen molar-refractivity contribution in [3.63, 3.8) is 0 Å². The van der Waals surface area contributed by atoms with E-state index in [0.29, 0.717) is 32.2 Å². The first-order valence-corrected chi connectivity index (χ1v) is 20.4. The number of ether oxygens (including phenoxy) is 4. The van der Waals surface area contributed by atoms with Gasteiger partial charge in [0.1, 0.15) is 22.7 Å². The molecule has 1 aromatic carbocycles. The number of anilines is 1. The molecule has 0 bridgehead atoms. The van der Waals surface area contributed by atoms with Gasteiger partial charge in [-0.1, -0.05) is 32.8 Å². The summed E-state index contributed by atoms with van der Waals surface area (Å²) in [6, 6.07) is -1.64. The van der Waals surface area contributed by atoms with Crippen LogP contribution in [-0.2, 0) is 16.0 Å². The standard InChI is InChI=1S/C42H53F3N4O10/c1-8-11-16-55-35-26-23(33(57-42(43,44)45)27-30-21(13-15-48(30)7)20-49(31(27)35)39(53)58-40(4,5)6)18-22-19-24-29(46-14-10-3)34-28(38(47-59-34)56-17-12-9-2)37(52)41(24,54)36(51)25(22)32(26)50/h10,21-22,24,29-30,46,50,54H,3,8-9,11-20H2,1-2,4-7H3/t21?,22-,24-,29-,30?,41-/m0/s1. The lowest BCUT2D eigenvalue weighted by Crippen LogP contribution is -2.63. The number of aromatic nitrogens is 1. The average Bonchev–Trinajstić information content (AvgIpc) is 3.75. The molecule has 3 aliphatic carbocycles. The van der Waals surface area contributed by atoms with Crippen molar-refractivity contribution >= 4 is 29.1 Å². The van der Waals surface area contributed by atoms with Gasteiger partial charge in [-0.2, -0.15) is 0 Å². The van der Waals surface area contributed by atoms with Crippen LogP contribution >= 0.6 is 0 Å². The number of aliphatic hydroxyl groups excluding tert-OH is 1. The first-order valence-electron chi connectivity index (χ1n) is 20.4. The summed E-state index contributed by atoms with van der Waals surface area (Å²) in [7, 11) is 1.79. The fourth-order valence-electron chi connectivity index (χ4n) is 9.53. The second-order valence-corrected chi connectivity index (χ2v) is 17.1. The summed E-state index contributed by atoms with van der Waals surface area (Å²) < 4.78 is 72.9. The fraction of sp³-hybridized carbons (Fsp3) is 0.619. The van der Waals surface area contributed by atoms with E-state index in [1.165, 1.54) is 4.90 Å². The number of amides is 1. The zero-order valence-electron chi connectivity index (χ0n) is 34.3. The molecule has 59 heavy (non-hydrogen) atoms. The van der Waals surface area contributed by atoms with Crippen LogP contribution in [0.5, 0.6) is 17.4 Å². The molecule has 3 heterocycles. The second-order valence-electron chi connectivity index (χ2n) is 17.1. The maximum Gasteiger partial charge on any atom is 0.573 e. The zero-order chi connectivity index (χ0) is 42.8. The lowest BCUT2D eigenvalue weighted by Gasteiger charge is -2.48. The number of ketones is 2. The number of halogens is 3. The largest absolute Gasteiger partial charge is 0.573 e. The quantitative estimate of drug-likeness (QED) is 0.112. The van der Waals surface area contributed by atoms with E-state index in [0.717, 1.165) is 6.42 Å². The first-order chi connectivity index (χ1) is 27.9. The minimum atomic E-state index is -5.22. The molecule has 14 nitrogen and oxygen atoms in total. The topological polar surface area (TPSA) is 173 Å². The van der Waals surface area contributed by atoms with Crippen LogP contribution in [0.25, 0.3) is 5.76 Å². The molecule has 6 atom stereocenters. The number of unbranched alkanes of at least 4 members (excludes halogenated alkanes) is 2. The molecule has 2 unspecified atom stereocenters. The van der Waals surface area contributed by atoms with Crippen LogP contribution in [-0.4, -0.2) is 95.4 Å². The number of carbonyl (C=O) groups excluding carboxylic acids is 3. The number of hydrogen-bond acceptors (Lipinski definition) is 13. The molecular formula is C42H53F3N4O10. The summed E-state index contributed by atoms with van der Waals surface area (Å²) in [5.41, 5.74) is -4.71. The normalized spacial score (nSPS) is 26.3. The Morgan fingerprint density at radius 1 is 1.08 bits per heavy atom. The number of nitrogens with one attached hydrogen (secondary N) is 1. The van der Waals surface area contributed by atoms with E-state index in [1.54, 1.807) is 33.9 Å². The van der Waals surface area contributed by atoms with Gasteiger partial charge in [-0.25, -0.2) is 4.79 Å². The number of fused-ring (bicyclic) bond motifs is 7. The third kappa shape index (κ3) is 7.26. The van der Waals surface area contributed by atoms with Crippen LogP contribution in [0.2, 0.25) is 0 Å². The molecule has 2 aliphatic heterocycles. The highest BCUT2D eigenvalue weighted by atomic mass is 19.4. The molecule has 7 rings (SSSR count). The lowest BCUT2D eigenvalue weighted by atomic mass is 9.57. The van der Waals surface area contributed by atoms with Gasteiger partial charge in [0, 0.05) is 41.7 Å². The van der Waals surface area contributed by atoms with Crippen LogP contribution in [0, 0.1) is 17.8 Å². The predicted octanol–water partition coefficient (Wildman–Crippen LogP) is 7.15. The summed E-state index contributed by atoms with van der Waals surface area (Å²) in [6.45, 7) is 13.6. The molecule has 1 aromatic heterocycles. The molecule has 2 fully saturated rings. The van der Waals surface area contributed by atoms with E-state index in [4.69, 9.17) is 23.5 Å². The van der Waals surface area contributed by atoms with E-state index < -0.39 is 70.7 Å². The Labute approximate surface area is 340 Å². The summed E-state index contributed by atoms with van der Waals surface area (Å²) in [6.07, 6.45) is -1.83. The molecule has 3 N–H and O–H groups in total. The van der Waals surface area contributed by atoms with Gasteiger partial charge in [0.2, 0.25) is 11.6 Å². The Kier molecular flexibility index (Phi) is 11.4. The average molecular weight is 831 g/mol. The number of Topliss-reactive ketones (excluding diaryl/α,β-unsaturated/α-hetero) is 2. The smallest absolute Gasteiger partial charge is 0.507 e. The molecule has 1 amide bonds. The van der Waals surface area contributed by atoms with Crippen molar-refractivity contribution in [2.45, 2.75) is 109 Å². The molecule has 322 valence electrons. The van der Waals surface area contributed by atoms with Gasteiger partial charge >= 0.3 is 12.5 Å². The van der Waals surface area contributed by atoms with Crippen molar-refractivity contribution in [1.29, 1.82) is 0 Å². The molecule has 0 radical (unpaired) electrons. The van der Waals surface area contributed by atoms with Crippen LogP contribution in [0.1, 0.15) is 118 Å². The van der Waals surface area contributed by atoms with E-state index in [2.05, 4.69) is 17.1 Å². The number of nitrogens with zero attached hydrogens (tertiary/aromatic N) is 3. The Morgan fingerprint density at radius 2 is 1.78 bits per heavy atom. The van der Waals surface area contributed by atoms with Gasteiger partial charge < -0.3 is 39.0 Å². The maximum atomic E-state index is 15.0. The summed E-state index contributed by atoms with van der Waals surface area (Å²) in [5, 5.41) is 32.2. The van der Waals surface area contributed by atoms with Gasteiger partial charge in [0.15, 0.2) is 17.1 Å². The van der Waals surface area contributed by atoms with Gasteiger partial charge in [0.05, 0.1) is 30.5 Å². The van der Waals surface area contributed by atoms with Crippen molar-refractivity contribution in [1.82, 2.24) is 15.4 Å². The van der Waals surface area contributed by atoms with Crippen molar-refractivity contribution in [2.75, 3.05) is 44.8 Å². The Balaban J connectivity index is 1.48. The number of hydrogen-bond donors (Lipinski definition) is 3. The summed E-state index contributed by atoms with van der Waals surface area (Å²) in [4.78, 5) is 46.8. The molecule has 1 saturated heterocycles. The number of alkyl halides is 3. The number of carbonyl (C=O) groups is 3. The van der Waals surface area contributed by atoms with Crippen LogP contribution in [0.15, 0.2) is 22.8 Å². The van der Waals surface area contributed by atoms with E-state index in [-0.39, 0.29) is 96.0 Å². The monoisotopic (exact) mass is 830 g/mol. The highest BCUT2D eigenvalue weighted by molar-refractivity contribution is 6.26. The molecule has 2 aromatic rings. The molecular weight excluding hydrogens is 777 g/mol. The second kappa shape index (κ2) is 15.8. The van der Waals surface area contributed by atoms with Crippen molar-refractivity contribution in [2.24, 2.45) is 17.8 Å². The van der Waals surface area contributed by atoms with Crippen molar-refractivity contribution in [3.05, 3.63) is 46.2 Å². The SMILES string of the molecule is C=CCN[C@@H]1c2onc(OCCCC)c2C(=O)[C@@]2(O)C(=O)C3=C(O)c4c(c(OC(F)(F)F)c5c(c4OCCCC)N(C(=O)OC(C)(C)C)CC4CCN(C)C54)C[C@H]3C[C@@H]12. The Hall–Kier alpha value is -4.61. The minimum absolute atomic E-state index is 0.0398. The van der Waals surface area contributed by atoms with Crippen LogP contribution in [0.3, 0.4) is 0 Å². The van der Waals surface area contributed by atoms with E-state index >= 15 is 0 Å². The van der Waals surface area contributed by atoms with Crippen molar-refractivity contribution < 1.29 is 61.2 Å². The van der Waals surface area contributed by atoms with E-state index in [9.17, 15) is 37.8 Å². The predicted molar refractivity (Wildman–Crippen MR) is 208 cm³/mol. The third-order valence-electron chi connectivity index (χ3n) is 12.0. The number of likely N-dealkylation sites (tertiary alicyclic amines) is 1. The first kappa shape index (κ1) is 42.5. The highest BCUT2D eigenvalue weighted by Crippen LogP contribution is 2.61. The van der Waals surface area contributed by atoms with Gasteiger partial charge in [0.25, 0.3) is 5.88 Å². The van der Waals surface area contributed by atoms with Gasteiger partial charge in [-0.3, -0.25) is 19.4 Å². The van der Waals surface area contributed by atoms with Crippen LogP contribution in [0.4, 0.5) is 23.7 Å². The third-order valence-corrected chi connectivity index (χ3v) is 12.0. The number of benzene rings is 1. The summed E-state index contributed by atoms with van der Waals surface area (Å²) in [5.74, 6) is -6.36. The van der Waals surface area contributed by atoms with Crippen LogP contribution < -0.4 is 24.4 Å². The number of aliphatic hydroxyl groups is 2. The van der Waals surface area contributed by atoms with Crippen molar-refractivity contribution in [3.8, 4) is 17.4 Å².